The lowest BCUT2D eigenvalue weighted by Gasteiger charge is -2.34. The molecule has 0 aliphatic rings. The molecule has 0 aliphatic carbocycles. The Kier molecular flexibility index (Phi) is 15.9. The normalized spacial score (nSPS) is 10.4. The highest BCUT2D eigenvalue weighted by Crippen LogP contribution is 2.19. The average molecular weight is 621 g/mol. The number of carboxylic acid groups (broad SMARTS) is 4. The first-order valence-corrected chi connectivity index (χ1v) is 12.8. The minimum atomic E-state index is -1.66. The second-order valence-electron chi connectivity index (χ2n) is 11.2. The van der Waals surface area contributed by atoms with Gasteiger partial charge in [0.05, 0.1) is 35.3 Å². The second-order valence-corrected chi connectivity index (χ2v) is 11.2. The summed E-state index contributed by atoms with van der Waals surface area (Å²) >= 11 is 0. The van der Waals surface area contributed by atoms with Crippen LogP contribution in [0.5, 0.6) is 0 Å². The molecular formula is C30H40N2O12. The van der Waals surface area contributed by atoms with E-state index in [0.29, 0.717) is 23.3 Å². The maximum absolute atomic E-state index is 11.5. The summed E-state index contributed by atoms with van der Waals surface area (Å²) in [5.74, 6) is -6.98. The molecule has 1 aromatic rings. The highest BCUT2D eigenvalue weighted by Gasteiger charge is 2.27. The molecule has 2 amide bonds. The van der Waals surface area contributed by atoms with Gasteiger partial charge in [-0.25, -0.2) is 19.2 Å². The SMILES string of the molecule is C=C(C)C(=O)N(CC=O)C(C)(C)C.C=C(C)C(=O)N(CC=O)C(C)(C)C.O=C(O)c1cc(C(=O)O)c(C(=O)O)cc1C(=O)O. The minimum Gasteiger partial charge on any atom is -0.478 e. The van der Waals surface area contributed by atoms with E-state index in [1.165, 1.54) is 9.80 Å². The van der Waals surface area contributed by atoms with Crippen molar-refractivity contribution in [3.63, 3.8) is 0 Å². The number of rotatable bonds is 10. The molecule has 0 heterocycles. The predicted octanol–water partition coefficient (Wildman–Crippen LogP) is 3.26. The molecule has 14 nitrogen and oxygen atoms in total. The van der Waals surface area contributed by atoms with Gasteiger partial charge < -0.3 is 39.8 Å². The lowest BCUT2D eigenvalue weighted by Crippen LogP contribution is -2.46. The van der Waals surface area contributed by atoms with Crippen molar-refractivity contribution in [2.24, 2.45) is 0 Å². The summed E-state index contributed by atoms with van der Waals surface area (Å²) in [5.41, 5.74) is -2.91. The number of benzene rings is 1. The van der Waals surface area contributed by atoms with E-state index in [1.807, 2.05) is 41.5 Å². The molecule has 0 atom stereocenters. The number of aldehydes is 2. The van der Waals surface area contributed by atoms with Crippen LogP contribution in [0.3, 0.4) is 0 Å². The van der Waals surface area contributed by atoms with E-state index < -0.39 is 46.1 Å². The van der Waals surface area contributed by atoms with Crippen LogP contribution in [0, 0.1) is 0 Å². The number of aromatic carboxylic acids is 4. The lowest BCUT2D eigenvalue weighted by atomic mass is 9.98. The van der Waals surface area contributed by atoms with Gasteiger partial charge in [-0.05, 0) is 67.5 Å². The topological polar surface area (TPSA) is 224 Å². The third kappa shape index (κ3) is 12.8. The first kappa shape index (κ1) is 41.0. The first-order chi connectivity index (χ1) is 19.9. The van der Waals surface area contributed by atoms with Crippen molar-refractivity contribution in [2.45, 2.75) is 66.5 Å². The maximum atomic E-state index is 11.5. The van der Waals surface area contributed by atoms with Crippen LogP contribution in [-0.2, 0) is 19.2 Å². The number of hydrogen-bond donors (Lipinski definition) is 4. The van der Waals surface area contributed by atoms with Crippen LogP contribution < -0.4 is 0 Å². The van der Waals surface area contributed by atoms with Crippen LogP contribution in [0.25, 0.3) is 0 Å². The smallest absolute Gasteiger partial charge is 0.336 e. The lowest BCUT2D eigenvalue weighted by molar-refractivity contribution is -0.134. The van der Waals surface area contributed by atoms with E-state index >= 15 is 0 Å². The maximum Gasteiger partial charge on any atom is 0.336 e. The highest BCUT2D eigenvalue weighted by molar-refractivity contribution is 6.09. The second kappa shape index (κ2) is 17.1. The molecule has 4 N–H and O–H groups in total. The van der Waals surface area contributed by atoms with Gasteiger partial charge in [-0.2, -0.15) is 0 Å². The zero-order valence-corrected chi connectivity index (χ0v) is 26.1. The van der Waals surface area contributed by atoms with Gasteiger partial charge in [-0.3, -0.25) is 9.59 Å². The summed E-state index contributed by atoms with van der Waals surface area (Å²) in [7, 11) is 0. The molecule has 0 spiro atoms. The molecule has 0 fully saturated rings. The van der Waals surface area contributed by atoms with Gasteiger partial charge in [0.2, 0.25) is 11.8 Å². The number of carboxylic acids is 4. The van der Waals surface area contributed by atoms with Crippen LogP contribution in [0.15, 0.2) is 36.4 Å². The van der Waals surface area contributed by atoms with Crippen LogP contribution in [0.4, 0.5) is 0 Å². The summed E-state index contributed by atoms with van der Waals surface area (Å²) in [6.07, 6.45) is 1.46. The highest BCUT2D eigenvalue weighted by atomic mass is 16.4. The van der Waals surface area contributed by atoms with Crippen molar-refractivity contribution < 1.29 is 58.8 Å². The molecule has 1 aromatic carbocycles. The largest absolute Gasteiger partial charge is 0.478 e. The van der Waals surface area contributed by atoms with Gasteiger partial charge in [0.25, 0.3) is 0 Å². The first-order valence-electron chi connectivity index (χ1n) is 12.8. The number of carbonyl (C=O) groups excluding carboxylic acids is 4. The molecule has 14 heteroatoms. The third-order valence-electron chi connectivity index (χ3n) is 5.43. The Morgan fingerprint density at radius 3 is 0.909 bits per heavy atom. The Morgan fingerprint density at radius 1 is 0.591 bits per heavy atom. The summed E-state index contributed by atoms with van der Waals surface area (Å²) in [5, 5.41) is 35.0. The number of nitrogens with zero attached hydrogens (tertiary/aromatic N) is 2. The fraction of sp³-hybridized carbons (Fsp3) is 0.400. The monoisotopic (exact) mass is 620 g/mol. The molecular weight excluding hydrogens is 580 g/mol. The molecule has 0 radical (unpaired) electrons. The molecule has 44 heavy (non-hydrogen) atoms. The van der Waals surface area contributed by atoms with Gasteiger partial charge in [-0.1, -0.05) is 13.2 Å². The third-order valence-corrected chi connectivity index (χ3v) is 5.43. The zero-order valence-electron chi connectivity index (χ0n) is 26.1. The van der Waals surface area contributed by atoms with Crippen LogP contribution in [0.1, 0.15) is 96.8 Å². The summed E-state index contributed by atoms with van der Waals surface area (Å²) in [6, 6.07) is 1.02. The van der Waals surface area contributed by atoms with Crippen molar-refractivity contribution in [1.82, 2.24) is 9.80 Å². The summed E-state index contributed by atoms with van der Waals surface area (Å²) < 4.78 is 0. The molecule has 0 saturated heterocycles. The van der Waals surface area contributed by atoms with Gasteiger partial charge in [0, 0.05) is 22.2 Å². The summed E-state index contributed by atoms with van der Waals surface area (Å²) in [4.78, 5) is 89.9. The molecule has 0 saturated carbocycles. The van der Waals surface area contributed by atoms with E-state index in [9.17, 15) is 38.4 Å². The Balaban J connectivity index is 0. The van der Waals surface area contributed by atoms with Crippen LogP contribution >= 0.6 is 0 Å². The van der Waals surface area contributed by atoms with Crippen molar-refractivity contribution >= 4 is 48.3 Å². The van der Waals surface area contributed by atoms with E-state index in [0.717, 1.165) is 12.6 Å². The van der Waals surface area contributed by atoms with Crippen molar-refractivity contribution in [1.29, 1.82) is 0 Å². The Morgan fingerprint density at radius 2 is 0.795 bits per heavy atom. The number of carbonyl (C=O) groups is 8. The van der Waals surface area contributed by atoms with Crippen molar-refractivity contribution in [2.75, 3.05) is 13.1 Å². The Bertz CT molecular complexity index is 1180. The predicted molar refractivity (Wildman–Crippen MR) is 159 cm³/mol. The fourth-order valence-corrected chi connectivity index (χ4v) is 3.24. The van der Waals surface area contributed by atoms with Gasteiger partial charge in [-0.15, -0.1) is 0 Å². The molecule has 0 bridgehead atoms. The van der Waals surface area contributed by atoms with Crippen LogP contribution in [0.2, 0.25) is 0 Å². The van der Waals surface area contributed by atoms with Crippen molar-refractivity contribution in [3.8, 4) is 0 Å². The van der Waals surface area contributed by atoms with Crippen molar-refractivity contribution in [3.05, 3.63) is 58.7 Å². The molecule has 1 rings (SSSR count). The molecule has 242 valence electrons. The van der Waals surface area contributed by atoms with Crippen LogP contribution in [-0.4, -0.2) is 103 Å². The van der Waals surface area contributed by atoms with E-state index in [1.54, 1.807) is 13.8 Å². The number of amides is 2. The molecule has 0 unspecified atom stereocenters. The van der Waals surface area contributed by atoms with Gasteiger partial charge in [0.15, 0.2) is 0 Å². The zero-order chi connectivity index (χ0) is 35.3. The summed E-state index contributed by atoms with van der Waals surface area (Å²) in [6.45, 7) is 22.0. The van der Waals surface area contributed by atoms with E-state index in [2.05, 4.69) is 13.2 Å². The van der Waals surface area contributed by atoms with E-state index in [4.69, 9.17) is 20.4 Å². The molecule has 0 aliphatic heterocycles. The van der Waals surface area contributed by atoms with Gasteiger partial charge >= 0.3 is 23.9 Å². The van der Waals surface area contributed by atoms with E-state index in [-0.39, 0.29) is 36.0 Å². The Hall–Kier alpha value is -5.14. The average Bonchev–Trinajstić information content (AvgIpc) is 2.87. The quantitative estimate of drug-likeness (QED) is 0.218. The van der Waals surface area contributed by atoms with Gasteiger partial charge in [0.1, 0.15) is 12.6 Å². The molecule has 0 aromatic heterocycles. The Labute approximate surface area is 255 Å². The standard InChI is InChI=1S/2C10H17NO2.C10H6O8/c2*1-8(2)9(13)11(6-7-12)10(3,4)5;11-7(12)3-1-4(8(13)14)6(10(17)18)2-5(3)9(15)16/h2*7H,1,6H2,2-5H3;1-2H,(H,11,12)(H,13,14)(H,15,16)(H,17,18). The minimum absolute atomic E-state index is 0.120. The fourth-order valence-electron chi connectivity index (χ4n) is 3.24. The number of hydrogen-bond acceptors (Lipinski definition) is 8.